The first kappa shape index (κ1) is 33.6. The van der Waals surface area contributed by atoms with Crippen molar-refractivity contribution in [1.29, 1.82) is 0 Å². The SMILES string of the molecule is CCCCCCCCCCCCCCCCCC(=O)Nc1ccc(N(C)C(C)C(=O)[O-])cc1.[K+]. The number of benzene rings is 1. The topological polar surface area (TPSA) is 72.5 Å². The van der Waals surface area contributed by atoms with Gasteiger partial charge < -0.3 is 20.1 Å². The molecule has 34 heavy (non-hydrogen) atoms. The van der Waals surface area contributed by atoms with E-state index in [1.54, 1.807) is 31.0 Å². The Kier molecular flexibility index (Phi) is 21.6. The van der Waals surface area contributed by atoms with E-state index in [1.807, 2.05) is 12.1 Å². The molecular formula is C28H47KN2O3. The van der Waals surface area contributed by atoms with Crippen LogP contribution in [0.4, 0.5) is 11.4 Å². The fourth-order valence-corrected chi connectivity index (χ4v) is 4.04. The molecule has 0 spiro atoms. The number of nitrogens with zero attached hydrogens (tertiary/aromatic N) is 1. The van der Waals surface area contributed by atoms with E-state index in [0.717, 1.165) is 24.2 Å². The Balaban J connectivity index is 0.0000109. The summed E-state index contributed by atoms with van der Waals surface area (Å²) in [5, 5.41) is 13.9. The van der Waals surface area contributed by atoms with Crippen LogP contribution in [0.25, 0.3) is 0 Å². The number of amides is 1. The van der Waals surface area contributed by atoms with Crippen molar-refractivity contribution in [3.63, 3.8) is 0 Å². The van der Waals surface area contributed by atoms with Gasteiger partial charge in [0.25, 0.3) is 0 Å². The molecule has 0 saturated heterocycles. The van der Waals surface area contributed by atoms with Gasteiger partial charge in [0.05, 0.1) is 12.0 Å². The molecule has 0 saturated carbocycles. The zero-order valence-electron chi connectivity index (χ0n) is 22.4. The van der Waals surface area contributed by atoms with Crippen LogP contribution in [0.1, 0.15) is 117 Å². The number of hydrogen-bond acceptors (Lipinski definition) is 4. The minimum absolute atomic E-state index is 0. The van der Waals surface area contributed by atoms with Gasteiger partial charge >= 0.3 is 51.4 Å². The average Bonchev–Trinajstić information content (AvgIpc) is 2.81. The normalized spacial score (nSPS) is 11.5. The molecule has 0 aliphatic heterocycles. The van der Waals surface area contributed by atoms with Gasteiger partial charge in [-0.2, -0.15) is 0 Å². The molecule has 0 aliphatic rings. The quantitative estimate of drug-likeness (QED) is 0.221. The van der Waals surface area contributed by atoms with Crippen LogP contribution in [0.2, 0.25) is 0 Å². The zero-order chi connectivity index (χ0) is 24.3. The van der Waals surface area contributed by atoms with Gasteiger partial charge in [-0.05, 0) is 37.6 Å². The summed E-state index contributed by atoms with van der Waals surface area (Å²) in [6.45, 7) is 3.85. The van der Waals surface area contributed by atoms with Gasteiger partial charge in [-0.25, -0.2) is 0 Å². The third-order valence-corrected chi connectivity index (χ3v) is 6.49. The standard InChI is InChI=1S/C28H48N2O3.K/c1-4-5-6-7-8-9-10-11-12-13-14-15-16-17-18-19-27(31)29-25-20-22-26(23-21-25)30(3)24(2)28(32)33;/h20-24H,4-19H2,1-3H3,(H,29,31)(H,32,33);/q;+1/p-1. The molecule has 1 atom stereocenters. The van der Waals surface area contributed by atoms with E-state index in [0.29, 0.717) is 6.42 Å². The minimum atomic E-state index is -1.11. The number of anilines is 2. The molecule has 0 bridgehead atoms. The summed E-state index contributed by atoms with van der Waals surface area (Å²) in [5.74, 6) is -1.08. The van der Waals surface area contributed by atoms with Crippen molar-refractivity contribution in [1.82, 2.24) is 0 Å². The van der Waals surface area contributed by atoms with E-state index in [2.05, 4.69) is 12.2 Å². The maximum atomic E-state index is 12.2. The van der Waals surface area contributed by atoms with Crippen LogP contribution in [0.15, 0.2) is 24.3 Å². The van der Waals surface area contributed by atoms with Crippen molar-refractivity contribution in [2.45, 2.75) is 123 Å². The predicted molar refractivity (Wildman–Crippen MR) is 137 cm³/mol. The van der Waals surface area contributed by atoms with E-state index in [-0.39, 0.29) is 57.3 Å². The molecule has 0 aliphatic carbocycles. The molecule has 6 heteroatoms. The van der Waals surface area contributed by atoms with E-state index in [1.165, 1.54) is 83.5 Å². The Labute approximate surface area is 251 Å². The second kappa shape index (κ2) is 21.8. The zero-order valence-corrected chi connectivity index (χ0v) is 25.5. The second-order valence-electron chi connectivity index (χ2n) is 9.40. The molecular weight excluding hydrogens is 451 g/mol. The van der Waals surface area contributed by atoms with Crippen LogP contribution in [0.5, 0.6) is 0 Å². The molecule has 1 unspecified atom stereocenters. The number of rotatable bonds is 20. The fraction of sp³-hybridized carbons (Fsp3) is 0.714. The largest absolute Gasteiger partial charge is 1.00 e. The van der Waals surface area contributed by atoms with Gasteiger partial charge in [0.2, 0.25) is 5.91 Å². The Morgan fingerprint density at radius 3 is 1.62 bits per heavy atom. The third-order valence-electron chi connectivity index (χ3n) is 6.49. The summed E-state index contributed by atoms with van der Waals surface area (Å²) in [5.41, 5.74) is 1.51. The summed E-state index contributed by atoms with van der Waals surface area (Å²) in [4.78, 5) is 24.8. The van der Waals surface area contributed by atoms with Crippen molar-refractivity contribution in [2.24, 2.45) is 0 Å². The number of carbonyl (C=O) groups is 2. The van der Waals surface area contributed by atoms with E-state index >= 15 is 0 Å². The minimum Gasteiger partial charge on any atom is -0.548 e. The Bertz CT molecular complexity index is 652. The van der Waals surface area contributed by atoms with Gasteiger partial charge in [-0.15, -0.1) is 0 Å². The number of carboxylic acid groups (broad SMARTS) is 1. The number of hydrogen-bond donors (Lipinski definition) is 1. The van der Waals surface area contributed by atoms with Crippen LogP contribution >= 0.6 is 0 Å². The van der Waals surface area contributed by atoms with Gasteiger partial charge in [0.15, 0.2) is 0 Å². The van der Waals surface area contributed by atoms with Crippen LogP contribution in [0, 0.1) is 0 Å². The second-order valence-corrected chi connectivity index (χ2v) is 9.40. The summed E-state index contributed by atoms with van der Waals surface area (Å²) >= 11 is 0. The molecule has 1 aromatic carbocycles. The molecule has 1 N–H and O–H groups in total. The van der Waals surface area contributed by atoms with Gasteiger partial charge in [0.1, 0.15) is 0 Å². The summed E-state index contributed by atoms with van der Waals surface area (Å²) in [6, 6.07) is 6.51. The number of aliphatic carboxylic acids is 1. The van der Waals surface area contributed by atoms with Crippen molar-refractivity contribution >= 4 is 23.3 Å². The van der Waals surface area contributed by atoms with Gasteiger partial charge in [0, 0.05) is 24.8 Å². The Morgan fingerprint density at radius 2 is 1.21 bits per heavy atom. The first-order valence-electron chi connectivity index (χ1n) is 13.3. The van der Waals surface area contributed by atoms with E-state index < -0.39 is 12.0 Å². The molecule has 188 valence electrons. The van der Waals surface area contributed by atoms with Crippen molar-refractivity contribution in [3.05, 3.63) is 24.3 Å². The van der Waals surface area contributed by atoms with Crippen LogP contribution in [0.3, 0.4) is 0 Å². The van der Waals surface area contributed by atoms with Crippen molar-refractivity contribution in [2.75, 3.05) is 17.3 Å². The monoisotopic (exact) mass is 498 g/mol. The molecule has 1 amide bonds. The van der Waals surface area contributed by atoms with Crippen LogP contribution in [-0.2, 0) is 9.59 Å². The van der Waals surface area contributed by atoms with E-state index in [4.69, 9.17) is 0 Å². The molecule has 1 rings (SSSR count). The summed E-state index contributed by atoms with van der Waals surface area (Å²) in [6.07, 6.45) is 20.3. The fourth-order valence-electron chi connectivity index (χ4n) is 4.04. The number of nitrogens with one attached hydrogen (secondary N) is 1. The molecule has 0 heterocycles. The van der Waals surface area contributed by atoms with E-state index in [9.17, 15) is 14.7 Å². The maximum absolute atomic E-state index is 12.2. The number of carboxylic acids is 1. The summed E-state index contributed by atoms with van der Waals surface area (Å²) in [7, 11) is 1.71. The number of unbranched alkanes of at least 4 members (excludes halogenated alkanes) is 14. The Morgan fingerprint density at radius 1 is 0.794 bits per heavy atom. The predicted octanol–water partition coefficient (Wildman–Crippen LogP) is 3.47. The maximum Gasteiger partial charge on any atom is 1.00 e. The molecule has 0 radical (unpaired) electrons. The first-order valence-corrected chi connectivity index (χ1v) is 13.3. The summed E-state index contributed by atoms with van der Waals surface area (Å²) < 4.78 is 0. The van der Waals surface area contributed by atoms with Gasteiger partial charge in [-0.1, -0.05) is 96.8 Å². The Hall–Kier alpha value is -0.404. The molecule has 5 nitrogen and oxygen atoms in total. The van der Waals surface area contributed by atoms with Crippen LogP contribution < -0.4 is 66.7 Å². The molecule has 1 aromatic rings. The van der Waals surface area contributed by atoms with Gasteiger partial charge in [-0.3, -0.25) is 4.79 Å². The third kappa shape index (κ3) is 16.3. The average molecular weight is 499 g/mol. The van der Waals surface area contributed by atoms with Crippen molar-refractivity contribution in [3.8, 4) is 0 Å². The first-order chi connectivity index (χ1) is 16.0. The van der Waals surface area contributed by atoms with Crippen molar-refractivity contribution < 1.29 is 66.1 Å². The molecule has 0 aromatic heterocycles. The smallest absolute Gasteiger partial charge is 0.548 e. The molecule has 0 fully saturated rings. The number of likely N-dealkylation sites (N-methyl/N-ethyl adjacent to an activating group) is 1. The van der Waals surface area contributed by atoms with Crippen LogP contribution in [-0.4, -0.2) is 25.0 Å². The number of carbonyl (C=O) groups excluding carboxylic acids is 2.